The zero-order chi connectivity index (χ0) is 20.3. The van der Waals surface area contributed by atoms with E-state index in [9.17, 15) is 13.3 Å². The lowest BCUT2D eigenvalue weighted by Crippen LogP contribution is -2.55. The summed E-state index contributed by atoms with van der Waals surface area (Å²) in [6, 6.07) is 0. The van der Waals surface area contributed by atoms with Crippen molar-refractivity contribution in [2.45, 2.75) is 50.5 Å². The van der Waals surface area contributed by atoms with Gasteiger partial charge >= 0.3 is 7.82 Å². The molecule has 2 aromatic heterocycles. The fraction of sp³-hybridized carbons (Fsp3) is 0.643. The van der Waals surface area contributed by atoms with Crippen molar-refractivity contribution in [3.63, 3.8) is 0 Å². The smallest absolute Gasteiger partial charge is 0.382 e. The van der Waals surface area contributed by atoms with E-state index in [2.05, 4.69) is 15.0 Å². The molecule has 0 aliphatic carbocycles. The van der Waals surface area contributed by atoms with E-state index in [4.69, 9.17) is 24.0 Å². The maximum atomic E-state index is 15.3. The van der Waals surface area contributed by atoms with E-state index < -0.39 is 51.1 Å². The van der Waals surface area contributed by atoms with Crippen LogP contribution in [0.5, 0.6) is 0 Å². The number of nitrogen functional groups attached to an aromatic ring is 1. The molecule has 0 spiro atoms. The number of hydrogen-bond acceptors (Lipinski definition) is 9. The third-order valence-corrected chi connectivity index (χ3v) is 6.06. The molecule has 28 heavy (non-hydrogen) atoms. The predicted octanol–water partition coefficient (Wildman–Crippen LogP) is 2.23. The van der Waals surface area contributed by atoms with Crippen LogP contribution in [0.3, 0.4) is 0 Å². The Kier molecular flexibility index (Phi) is 4.62. The zero-order valence-electron chi connectivity index (χ0n) is 14.7. The van der Waals surface area contributed by atoms with Crippen molar-refractivity contribution in [1.29, 1.82) is 0 Å². The molecule has 4 heterocycles. The fourth-order valence-electron chi connectivity index (χ4n) is 3.24. The van der Waals surface area contributed by atoms with Crippen molar-refractivity contribution in [3.05, 3.63) is 12.7 Å². The minimum absolute atomic E-state index is 0.0368. The second kappa shape index (κ2) is 6.63. The van der Waals surface area contributed by atoms with Crippen molar-refractivity contribution in [1.82, 2.24) is 19.5 Å². The van der Waals surface area contributed by atoms with E-state index in [0.29, 0.717) is 0 Å². The fourth-order valence-corrected chi connectivity index (χ4v) is 4.86. The molecule has 0 bridgehead atoms. The van der Waals surface area contributed by atoms with Gasteiger partial charge in [-0.1, -0.05) is 0 Å². The summed E-state index contributed by atoms with van der Waals surface area (Å²) in [5, 5.41) is 0. The third-order valence-electron chi connectivity index (χ3n) is 4.45. The summed E-state index contributed by atoms with van der Waals surface area (Å²) in [5.41, 5.74) is 3.55. The van der Waals surface area contributed by atoms with Crippen LogP contribution in [-0.2, 0) is 22.9 Å². The van der Waals surface area contributed by atoms with Crippen LogP contribution in [-0.4, -0.2) is 56.5 Å². The van der Waals surface area contributed by atoms with Crippen molar-refractivity contribution in [2.75, 3.05) is 12.3 Å². The molecular weight excluding hydrogens is 406 g/mol. The maximum absolute atomic E-state index is 15.3. The monoisotopic (exact) mass is 423 g/mol. The first-order valence-electron chi connectivity index (χ1n) is 8.31. The Morgan fingerprint density at radius 3 is 2.82 bits per heavy atom. The second-order valence-electron chi connectivity index (χ2n) is 6.69. The van der Waals surface area contributed by atoms with Gasteiger partial charge in [0, 0.05) is 0 Å². The molecular formula is C14H17F3N5O5P. The van der Waals surface area contributed by atoms with Crippen LogP contribution in [0.2, 0.25) is 0 Å². The van der Waals surface area contributed by atoms with Gasteiger partial charge in [0.15, 0.2) is 29.5 Å². The number of alkyl halides is 3. The highest BCUT2D eigenvalue weighted by molar-refractivity contribution is 7.48. The topological polar surface area (TPSA) is 124 Å². The van der Waals surface area contributed by atoms with Crippen LogP contribution in [0.25, 0.3) is 11.2 Å². The first kappa shape index (κ1) is 19.5. The molecule has 0 radical (unpaired) electrons. The van der Waals surface area contributed by atoms with E-state index in [1.807, 2.05) is 0 Å². The van der Waals surface area contributed by atoms with Gasteiger partial charge in [-0.3, -0.25) is 18.1 Å². The van der Waals surface area contributed by atoms with Crippen LogP contribution >= 0.6 is 7.82 Å². The van der Waals surface area contributed by atoms with Crippen LogP contribution in [0.4, 0.5) is 19.0 Å². The van der Waals surface area contributed by atoms with Crippen molar-refractivity contribution in [2.24, 2.45) is 0 Å². The highest BCUT2D eigenvalue weighted by Gasteiger charge is 2.68. The SMILES string of the molecule is CC(C)OP1(=O)OC[C@]2(C(F)F)O[C@H](n3cnc4ncnc(N)c43)[C@@H](F)[C@H]2O1. The van der Waals surface area contributed by atoms with E-state index in [1.165, 1.54) is 0 Å². The number of phosphoric ester groups is 1. The minimum Gasteiger partial charge on any atom is -0.382 e. The van der Waals surface area contributed by atoms with Crippen molar-refractivity contribution in [3.8, 4) is 0 Å². The standard InChI is InChI=1S/C14H17F3N5O5P/c1-6(2)26-28(23)24-3-14(13(16)17)9(27-28)7(15)12(25-14)22-5-21-11-8(22)10(18)19-4-20-11/h4-7,9,12-13H,3H2,1-2H3,(H2,18,19,20)/t7-,9+,12-,14-,28?/m0/s1. The van der Waals surface area contributed by atoms with Gasteiger partial charge in [0.05, 0.1) is 12.7 Å². The molecule has 2 saturated heterocycles. The Bertz CT molecular complexity index is 945. The van der Waals surface area contributed by atoms with Crippen molar-refractivity contribution >= 4 is 24.8 Å². The first-order chi connectivity index (χ1) is 13.2. The first-order valence-corrected chi connectivity index (χ1v) is 9.77. The van der Waals surface area contributed by atoms with Gasteiger partial charge in [-0.2, -0.15) is 0 Å². The maximum Gasteiger partial charge on any atom is 0.475 e. The summed E-state index contributed by atoms with van der Waals surface area (Å²) < 4.78 is 77.3. The lowest BCUT2D eigenvalue weighted by Gasteiger charge is -2.39. The highest BCUT2D eigenvalue weighted by Crippen LogP contribution is 2.61. The summed E-state index contributed by atoms with van der Waals surface area (Å²) in [6.07, 6.45) is -7.15. The van der Waals surface area contributed by atoms with Gasteiger partial charge in [-0.15, -0.1) is 0 Å². The Labute approximate surface area is 156 Å². The Morgan fingerprint density at radius 1 is 1.39 bits per heavy atom. The number of nitrogens with two attached hydrogens (primary N) is 1. The second-order valence-corrected chi connectivity index (χ2v) is 8.27. The number of fused-ring (bicyclic) bond motifs is 2. The molecule has 0 amide bonds. The van der Waals surface area contributed by atoms with Crippen LogP contribution in [0.15, 0.2) is 12.7 Å². The van der Waals surface area contributed by atoms with Gasteiger partial charge in [-0.05, 0) is 13.8 Å². The van der Waals surface area contributed by atoms with Gasteiger partial charge in [-0.25, -0.2) is 32.7 Å². The Balaban J connectivity index is 1.74. The number of ether oxygens (including phenoxy) is 1. The van der Waals surface area contributed by atoms with Gasteiger partial charge in [0.25, 0.3) is 6.43 Å². The number of anilines is 1. The normalized spacial score (nSPS) is 35.8. The Morgan fingerprint density at radius 2 is 2.14 bits per heavy atom. The summed E-state index contributed by atoms with van der Waals surface area (Å²) >= 11 is 0. The zero-order valence-corrected chi connectivity index (χ0v) is 15.6. The molecule has 14 heteroatoms. The number of hydrogen-bond donors (Lipinski definition) is 1. The van der Waals surface area contributed by atoms with Crippen LogP contribution in [0, 0.1) is 0 Å². The number of imidazole rings is 1. The lowest BCUT2D eigenvalue weighted by atomic mass is 9.97. The molecule has 1 unspecified atom stereocenters. The molecule has 10 nitrogen and oxygen atoms in total. The Hall–Kier alpha value is -1.79. The predicted molar refractivity (Wildman–Crippen MR) is 88.1 cm³/mol. The van der Waals surface area contributed by atoms with E-state index in [-0.39, 0.29) is 17.0 Å². The number of rotatable bonds is 4. The molecule has 5 atom stereocenters. The molecule has 2 fully saturated rings. The lowest BCUT2D eigenvalue weighted by molar-refractivity contribution is -0.208. The average molecular weight is 423 g/mol. The number of halogens is 3. The molecule has 154 valence electrons. The summed E-state index contributed by atoms with van der Waals surface area (Å²) in [5.74, 6) is -0.0368. The third kappa shape index (κ3) is 2.89. The molecule has 2 aliphatic heterocycles. The summed E-state index contributed by atoms with van der Waals surface area (Å²) in [4.78, 5) is 11.6. The van der Waals surface area contributed by atoms with E-state index in [1.54, 1.807) is 13.8 Å². The number of phosphoric acid groups is 1. The average Bonchev–Trinajstić information content (AvgIpc) is 3.15. The number of aromatic nitrogens is 4. The summed E-state index contributed by atoms with van der Waals surface area (Å²) in [6.45, 7) is 2.21. The molecule has 2 aliphatic rings. The molecule has 2 N–H and O–H groups in total. The molecule has 4 rings (SSSR count). The van der Waals surface area contributed by atoms with Gasteiger partial charge in [0.2, 0.25) is 0 Å². The molecule has 0 saturated carbocycles. The number of nitrogens with zero attached hydrogens (tertiary/aromatic N) is 4. The highest BCUT2D eigenvalue weighted by atomic mass is 31.2. The van der Waals surface area contributed by atoms with Crippen LogP contribution in [0.1, 0.15) is 20.1 Å². The summed E-state index contributed by atoms with van der Waals surface area (Å²) in [7, 11) is -4.25. The van der Waals surface area contributed by atoms with Gasteiger partial charge in [0.1, 0.15) is 24.3 Å². The molecule has 0 aromatic carbocycles. The minimum atomic E-state index is -4.25. The van der Waals surface area contributed by atoms with E-state index >= 15 is 4.39 Å². The molecule has 2 aromatic rings. The quantitative estimate of drug-likeness (QED) is 0.737. The van der Waals surface area contributed by atoms with E-state index in [0.717, 1.165) is 17.2 Å². The largest absolute Gasteiger partial charge is 0.475 e. The van der Waals surface area contributed by atoms with Gasteiger partial charge < -0.3 is 10.5 Å². The van der Waals surface area contributed by atoms with Crippen LogP contribution < -0.4 is 5.73 Å². The van der Waals surface area contributed by atoms with Crippen molar-refractivity contribution < 1.29 is 36.0 Å².